The zero-order valence-corrected chi connectivity index (χ0v) is 6.19. The van der Waals surface area contributed by atoms with Crippen molar-refractivity contribution in [1.82, 2.24) is 5.32 Å². The Kier molecular flexibility index (Phi) is 3.75. The number of hydrogen-bond donors (Lipinski definition) is 2. The highest BCUT2D eigenvalue weighted by Gasteiger charge is 2.35. The first kappa shape index (κ1) is 9.78. The molecule has 2 nitrogen and oxygen atoms in total. The molecule has 0 fully saturated rings. The molecule has 0 aromatic rings. The number of aliphatic hydroxyl groups is 1. The maximum Gasteiger partial charge on any atom is 0.285 e. The first-order valence-electron chi connectivity index (χ1n) is 3.25. The number of hydrogen-bond acceptors (Lipinski definition) is 2. The lowest BCUT2D eigenvalue weighted by Gasteiger charge is -2.20. The fourth-order valence-electron chi connectivity index (χ4n) is 0.652. The normalized spacial score (nSPS) is 15.3. The van der Waals surface area contributed by atoms with Crippen molar-refractivity contribution in [3.8, 4) is 0 Å². The van der Waals surface area contributed by atoms with E-state index in [1.165, 1.54) is 14.0 Å². The molecule has 0 aromatic heterocycles. The quantitative estimate of drug-likeness (QED) is 0.620. The highest BCUT2D eigenvalue weighted by Crippen LogP contribution is 2.19. The second-order valence-electron chi connectivity index (χ2n) is 2.22. The molecule has 62 valence electrons. The third kappa shape index (κ3) is 2.58. The SMILES string of the molecule is CCC(O)C(F)(F)CNC. The average molecular weight is 153 g/mol. The van der Waals surface area contributed by atoms with E-state index in [1.54, 1.807) is 0 Å². The van der Waals surface area contributed by atoms with E-state index in [0.717, 1.165) is 0 Å². The van der Waals surface area contributed by atoms with Crippen molar-refractivity contribution in [3.63, 3.8) is 0 Å². The lowest BCUT2D eigenvalue weighted by atomic mass is 10.1. The minimum Gasteiger partial charge on any atom is -0.387 e. The van der Waals surface area contributed by atoms with E-state index in [9.17, 15) is 8.78 Å². The summed E-state index contributed by atoms with van der Waals surface area (Å²) in [6, 6.07) is 0. The van der Waals surface area contributed by atoms with Crippen molar-refractivity contribution in [2.45, 2.75) is 25.4 Å². The van der Waals surface area contributed by atoms with Crippen molar-refractivity contribution in [2.24, 2.45) is 0 Å². The van der Waals surface area contributed by atoms with Gasteiger partial charge in [0, 0.05) is 0 Å². The van der Waals surface area contributed by atoms with Crippen LogP contribution in [-0.2, 0) is 0 Å². The number of alkyl halides is 2. The van der Waals surface area contributed by atoms with E-state index >= 15 is 0 Å². The highest BCUT2D eigenvalue weighted by molar-refractivity contribution is 4.76. The Bertz CT molecular complexity index is 97.7. The molecule has 0 saturated carbocycles. The average Bonchev–Trinajstić information content (AvgIpc) is 1.86. The number of halogens is 2. The van der Waals surface area contributed by atoms with E-state index in [0.29, 0.717) is 0 Å². The van der Waals surface area contributed by atoms with Gasteiger partial charge in [-0.3, -0.25) is 0 Å². The van der Waals surface area contributed by atoms with Gasteiger partial charge in [-0.25, -0.2) is 8.78 Å². The Balaban J connectivity index is 3.82. The van der Waals surface area contributed by atoms with Crippen molar-refractivity contribution in [3.05, 3.63) is 0 Å². The Labute approximate surface area is 59.2 Å². The summed E-state index contributed by atoms with van der Waals surface area (Å²) in [5.41, 5.74) is 0. The van der Waals surface area contributed by atoms with Gasteiger partial charge in [-0.1, -0.05) is 6.92 Å². The van der Waals surface area contributed by atoms with Gasteiger partial charge in [0.15, 0.2) is 0 Å². The molecular weight excluding hydrogens is 140 g/mol. The zero-order valence-electron chi connectivity index (χ0n) is 6.19. The van der Waals surface area contributed by atoms with Crippen LogP contribution in [0.4, 0.5) is 8.78 Å². The van der Waals surface area contributed by atoms with Gasteiger partial charge in [0.1, 0.15) is 6.10 Å². The molecule has 0 rings (SSSR count). The lowest BCUT2D eigenvalue weighted by molar-refractivity contribution is -0.105. The second-order valence-corrected chi connectivity index (χ2v) is 2.22. The van der Waals surface area contributed by atoms with Gasteiger partial charge in [0.05, 0.1) is 6.54 Å². The van der Waals surface area contributed by atoms with Gasteiger partial charge in [0.25, 0.3) is 5.92 Å². The van der Waals surface area contributed by atoms with Crippen molar-refractivity contribution in [2.75, 3.05) is 13.6 Å². The van der Waals surface area contributed by atoms with Crippen molar-refractivity contribution < 1.29 is 13.9 Å². The minimum absolute atomic E-state index is 0.0781. The van der Waals surface area contributed by atoms with Crippen LogP contribution in [0.3, 0.4) is 0 Å². The summed E-state index contributed by atoms with van der Waals surface area (Å²) in [6.07, 6.45) is -1.45. The Hall–Kier alpha value is -0.220. The molecule has 0 aliphatic carbocycles. The molecule has 0 aliphatic heterocycles. The molecular formula is C6H13F2NO. The summed E-state index contributed by atoms with van der Waals surface area (Å²) in [5, 5.41) is 11.0. The molecule has 0 aliphatic rings. The van der Waals surface area contributed by atoms with Crippen LogP contribution < -0.4 is 5.32 Å². The molecule has 0 radical (unpaired) electrons. The maximum absolute atomic E-state index is 12.5. The standard InChI is InChI=1S/C6H13F2NO/c1-3-5(10)6(7,8)4-9-2/h5,9-10H,3-4H2,1-2H3. The smallest absolute Gasteiger partial charge is 0.285 e. The summed E-state index contributed by atoms with van der Waals surface area (Å²) >= 11 is 0. The van der Waals surface area contributed by atoms with E-state index in [-0.39, 0.29) is 6.42 Å². The maximum atomic E-state index is 12.5. The fourth-order valence-corrected chi connectivity index (χ4v) is 0.652. The van der Waals surface area contributed by atoms with Gasteiger partial charge in [-0.2, -0.15) is 0 Å². The van der Waals surface area contributed by atoms with Crippen LogP contribution in [0.25, 0.3) is 0 Å². The largest absolute Gasteiger partial charge is 0.387 e. The van der Waals surface area contributed by atoms with Crippen LogP contribution in [0.5, 0.6) is 0 Å². The molecule has 2 N–H and O–H groups in total. The summed E-state index contributed by atoms with van der Waals surface area (Å²) in [4.78, 5) is 0. The Morgan fingerprint density at radius 1 is 1.60 bits per heavy atom. The van der Waals surface area contributed by atoms with Crippen LogP contribution in [0, 0.1) is 0 Å². The van der Waals surface area contributed by atoms with Crippen LogP contribution in [0.15, 0.2) is 0 Å². The first-order chi connectivity index (χ1) is 4.54. The fraction of sp³-hybridized carbons (Fsp3) is 1.00. The minimum atomic E-state index is -3.00. The predicted molar refractivity (Wildman–Crippen MR) is 35.2 cm³/mol. The van der Waals surface area contributed by atoms with Crippen LogP contribution >= 0.6 is 0 Å². The number of aliphatic hydroxyl groups excluding tert-OH is 1. The van der Waals surface area contributed by atoms with Crippen LogP contribution in [-0.4, -0.2) is 30.7 Å². The molecule has 0 spiro atoms. The third-order valence-corrected chi connectivity index (χ3v) is 1.29. The van der Waals surface area contributed by atoms with Crippen LogP contribution in [0.2, 0.25) is 0 Å². The molecule has 0 bridgehead atoms. The van der Waals surface area contributed by atoms with Gasteiger partial charge in [-0.15, -0.1) is 0 Å². The molecule has 1 unspecified atom stereocenters. The molecule has 4 heteroatoms. The van der Waals surface area contributed by atoms with E-state index in [1.807, 2.05) is 0 Å². The number of rotatable bonds is 4. The molecule has 0 heterocycles. The molecule has 0 saturated heterocycles. The van der Waals surface area contributed by atoms with Gasteiger partial charge < -0.3 is 10.4 Å². The predicted octanol–water partition coefficient (Wildman–Crippen LogP) is 0.612. The van der Waals surface area contributed by atoms with Crippen molar-refractivity contribution in [1.29, 1.82) is 0 Å². The lowest BCUT2D eigenvalue weighted by Crippen LogP contribution is -2.41. The zero-order chi connectivity index (χ0) is 8.20. The Morgan fingerprint density at radius 3 is 2.40 bits per heavy atom. The van der Waals surface area contributed by atoms with E-state index in [2.05, 4.69) is 5.32 Å². The molecule has 10 heavy (non-hydrogen) atoms. The summed E-state index contributed by atoms with van der Waals surface area (Å²) in [7, 11) is 1.43. The van der Waals surface area contributed by atoms with E-state index in [4.69, 9.17) is 5.11 Å². The third-order valence-electron chi connectivity index (χ3n) is 1.29. The summed E-state index contributed by atoms with van der Waals surface area (Å²) in [5.74, 6) is -3.00. The van der Waals surface area contributed by atoms with Crippen LogP contribution in [0.1, 0.15) is 13.3 Å². The molecule has 1 atom stereocenters. The van der Waals surface area contributed by atoms with Gasteiger partial charge in [0.2, 0.25) is 0 Å². The Morgan fingerprint density at radius 2 is 2.10 bits per heavy atom. The first-order valence-corrected chi connectivity index (χ1v) is 3.25. The summed E-state index contributed by atoms with van der Waals surface area (Å²) in [6.45, 7) is 1.05. The van der Waals surface area contributed by atoms with Crippen molar-refractivity contribution >= 4 is 0 Å². The second kappa shape index (κ2) is 3.83. The van der Waals surface area contributed by atoms with E-state index < -0.39 is 18.6 Å². The monoisotopic (exact) mass is 153 g/mol. The summed E-state index contributed by atoms with van der Waals surface area (Å²) < 4.78 is 25.0. The topological polar surface area (TPSA) is 32.3 Å². The van der Waals surface area contributed by atoms with Gasteiger partial charge >= 0.3 is 0 Å². The number of nitrogens with one attached hydrogen (secondary N) is 1. The molecule has 0 amide bonds. The molecule has 0 aromatic carbocycles. The van der Waals surface area contributed by atoms with Gasteiger partial charge in [-0.05, 0) is 13.5 Å². The highest BCUT2D eigenvalue weighted by atomic mass is 19.3.